The lowest BCUT2D eigenvalue weighted by molar-refractivity contribution is 0.0260. The van der Waals surface area contributed by atoms with Crippen LogP contribution in [0.15, 0.2) is 0 Å². The van der Waals surface area contributed by atoms with Gasteiger partial charge in [-0.1, -0.05) is 0 Å². The van der Waals surface area contributed by atoms with Crippen molar-refractivity contribution >= 4 is 0 Å². The first-order valence-electron chi connectivity index (χ1n) is 5.88. The van der Waals surface area contributed by atoms with Crippen molar-refractivity contribution in [1.29, 1.82) is 0 Å². The van der Waals surface area contributed by atoms with E-state index in [0.717, 1.165) is 39.1 Å². The van der Waals surface area contributed by atoms with Gasteiger partial charge in [0.05, 0.1) is 18.8 Å². The highest BCUT2D eigenvalue weighted by Crippen LogP contribution is 2.19. The summed E-state index contributed by atoms with van der Waals surface area (Å²) in [6.07, 6.45) is 2.90. The first-order chi connectivity index (χ1) is 7.26. The zero-order chi connectivity index (χ0) is 11.1. The monoisotopic (exact) mass is 216 g/mol. The van der Waals surface area contributed by atoms with Crippen molar-refractivity contribution < 1.29 is 9.47 Å². The van der Waals surface area contributed by atoms with E-state index in [2.05, 4.69) is 11.9 Å². The molecule has 1 saturated heterocycles. The van der Waals surface area contributed by atoms with Crippen LogP contribution in [0.3, 0.4) is 0 Å². The summed E-state index contributed by atoms with van der Waals surface area (Å²) < 4.78 is 11.1. The number of nitrogens with two attached hydrogens (primary N) is 1. The second-order valence-corrected chi connectivity index (χ2v) is 4.15. The molecule has 1 fully saturated rings. The number of hydrogen-bond acceptors (Lipinski definition) is 4. The minimum Gasteiger partial charge on any atom is -0.380 e. The molecule has 0 radical (unpaired) electrons. The Morgan fingerprint density at radius 3 is 2.73 bits per heavy atom. The van der Waals surface area contributed by atoms with Gasteiger partial charge in [-0.05, 0) is 26.8 Å². The van der Waals surface area contributed by atoms with E-state index in [1.54, 1.807) is 0 Å². The van der Waals surface area contributed by atoms with Crippen molar-refractivity contribution in [3.05, 3.63) is 0 Å². The van der Waals surface area contributed by atoms with Crippen LogP contribution in [0.25, 0.3) is 0 Å². The highest BCUT2D eigenvalue weighted by molar-refractivity contribution is 4.76. The molecular weight excluding hydrogens is 192 g/mol. The SMILES string of the molecule is CCOCCN(C)CC1CCC(CN)O1. The number of hydrogen-bond donors (Lipinski definition) is 1. The summed E-state index contributed by atoms with van der Waals surface area (Å²) in [5.41, 5.74) is 5.57. The Hall–Kier alpha value is -0.160. The second-order valence-electron chi connectivity index (χ2n) is 4.15. The summed E-state index contributed by atoms with van der Waals surface area (Å²) in [5.74, 6) is 0. The molecule has 2 N–H and O–H groups in total. The van der Waals surface area contributed by atoms with Crippen LogP contribution in [0, 0.1) is 0 Å². The van der Waals surface area contributed by atoms with Gasteiger partial charge in [0.15, 0.2) is 0 Å². The van der Waals surface area contributed by atoms with E-state index in [-0.39, 0.29) is 6.10 Å². The zero-order valence-electron chi connectivity index (χ0n) is 9.95. The molecule has 0 spiro atoms. The van der Waals surface area contributed by atoms with Crippen molar-refractivity contribution in [3.8, 4) is 0 Å². The van der Waals surface area contributed by atoms with Gasteiger partial charge in [-0.25, -0.2) is 0 Å². The molecular formula is C11H24N2O2. The summed E-state index contributed by atoms with van der Waals surface area (Å²) in [6.45, 7) is 6.23. The quantitative estimate of drug-likeness (QED) is 0.628. The van der Waals surface area contributed by atoms with E-state index in [4.69, 9.17) is 15.2 Å². The Morgan fingerprint density at radius 2 is 2.13 bits per heavy atom. The van der Waals surface area contributed by atoms with Crippen molar-refractivity contribution in [3.63, 3.8) is 0 Å². The fourth-order valence-electron chi connectivity index (χ4n) is 1.89. The van der Waals surface area contributed by atoms with Crippen LogP contribution in [0.4, 0.5) is 0 Å². The maximum Gasteiger partial charge on any atom is 0.0707 e. The fourth-order valence-corrected chi connectivity index (χ4v) is 1.89. The van der Waals surface area contributed by atoms with Crippen LogP contribution < -0.4 is 5.73 Å². The van der Waals surface area contributed by atoms with Gasteiger partial charge in [0.25, 0.3) is 0 Å². The topological polar surface area (TPSA) is 47.7 Å². The van der Waals surface area contributed by atoms with Gasteiger partial charge in [0, 0.05) is 26.2 Å². The van der Waals surface area contributed by atoms with Crippen LogP contribution in [-0.2, 0) is 9.47 Å². The zero-order valence-corrected chi connectivity index (χ0v) is 9.95. The lowest BCUT2D eigenvalue weighted by Crippen LogP contribution is -2.32. The Morgan fingerprint density at radius 1 is 1.40 bits per heavy atom. The third kappa shape index (κ3) is 4.93. The van der Waals surface area contributed by atoms with Gasteiger partial charge in [-0.15, -0.1) is 0 Å². The molecule has 0 amide bonds. The molecule has 0 aromatic carbocycles. The van der Waals surface area contributed by atoms with Crippen molar-refractivity contribution in [2.75, 3.05) is 39.9 Å². The molecule has 0 aromatic heterocycles. The van der Waals surface area contributed by atoms with Gasteiger partial charge in [0.1, 0.15) is 0 Å². The standard InChI is InChI=1S/C11H24N2O2/c1-3-14-7-6-13(2)9-11-5-4-10(8-12)15-11/h10-11H,3-9,12H2,1-2H3. The molecule has 90 valence electrons. The van der Waals surface area contributed by atoms with Crippen LogP contribution >= 0.6 is 0 Å². The summed E-state index contributed by atoms with van der Waals surface area (Å²) in [5, 5.41) is 0. The third-order valence-corrected chi connectivity index (χ3v) is 2.80. The molecule has 1 aliphatic heterocycles. The van der Waals surface area contributed by atoms with Gasteiger partial charge < -0.3 is 20.1 Å². The van der Waals surface area contributed by atoms with Crippen molar-refractivity contribution in [2.24, 2.45) is 5.73 Å². The maximum absolute atomic E-state index is 5.78. The lowest BCUT2D eigenvalue weighted by Gasteiger charge is -2.21. The van der Waals surface area contributed by atoms with Crippen molar-refractivity contribution in [2.45, 2.75) is 32.0 Å². The van der Waals surface area contributed by atoms with E-state index < -0.39 is 0 Å². The first-order valence-corrected chi connectivity index (χ1v) is 5.88. The summed E-state index contributed by atoms with van der Waals surface area (Å²) in [6, 6.07) is 0. The Labute approximate surface area is 92.7 Å². The highest BCUT2D eigenvalue weighted by atomic mass is 16.5. The van der Waals surface area contributed by atoms with E-state index in [1.165, 1.54) is 0 Å². The molecule has 0 bridgehead atoms. The fraction of sp³-hybridized carbons (Fsp3) is 1.00. The van der Waals surface area contributed by atoms with Crippen LogP contribution in [0.2, 0.25) is 0 Å². The van der Waals surface area contributed by atoms with E-state index in [0.29, 0.717) is 12.6 Å². The maximum atomic E-state index is 5.78. The van der Waals surface area contributed by atoms with Gasteiger partial charge in [-0.3, -0.25) is 0 Å². The van der Waals surface area contributed by atoms with Gasteiger partial charge in [0.2, 0.25) is 0 Å². The number of rotatable bonds is 7. The number of nitrogens with zero attached hydrogens (tertiary/aromatic N) is 1. The van der Waals surface area contributed by atoms with Crippen LogP contribution in [0.1, 0.15) is 19.8 Å². The molecule has 4 nitrogen and oxygen atoms in total. The molecule has 1 heterocycles. The molecule has 15 heavy (non-hydrogen) atoms. The molecule has 2 unspecified atom stereocenters. The van der Waals surface area contributed by atoms with Crippen LogP contribution in [0.5, 0.6) is 0 Å². The second kappa shape index (κ2) is 7.17. The van der Waals surface area contributed by atoms with E-state index in [9.17, 15) is 0 Å². The Balaban J connectivity index is 2.07. The first kappa shape index (κ1) is 12.9. The lowest BCUT2D eigenvalue weighted by atomic mass is 10.2. The minimum absolute atomic E-state index is 0.287. The highest BCUT2D eigenvalue weighted by Gasteiger charge is 2.24. The molecule has 0 aromatic rings. The van der Waals surface area contributed by atoms with E-state index >= 15 is 0 Å². The molecule has 2 atom stereocenters. The summed E-state index contributed by atoms with van der Waals surface area (Å²) in [4.78, 5) is 2.26. The normalized spacial score (nSPS) is 26.4. The summed E-state index contributed by atoms with van der Waals surface area (Å²) >= 11 is 0. The summed E-state index contributed by atoms with van der Waals surface area (Å²) in [7, 11) is 2.11. The predicted molar refractivity (Wildman–Crippen MR) is 60.9 cm³/mol. The van der Waals surface area contributed by atoms with Gasteiger partial charge in [-0.2, -0.15) is 0 Å². The molecule has 1 rings (SSSR count). The van der Waals surface area contributed by atoms with Crippen molar-refractivity contribution in [1.82, 2.24) is 4.90 Å². The molecule has 4 heteroatoms. The third-order valence-electron chi connectivity index (χ3n) is 2.80. The predicted octanol–water partition coefficient (Wildman–Crippen LogP) is 0.461. The largest absolute Gasteiger partial charge is 0.380 e. The van der Waals surface area contributed by atoms with E-state index in [1.807, 2.05) is 6.92 Å². The number of likely N-dealkylation sites (N-methyl/N-ethyl adjacent to an activating group) is 1. The smallest absolute Gasteiger partial charge is 0.0707 e. The molecule has 1 aliphatic rings. The molecule has 0 aliphatic carbocycles. The average molecular weight is 216 g/mol. The average Bonchev–Trinajstić information content (AvgIpc) is 2.66. The Bertz CT molecular complexity index is 167. The molecule has 0 saturated carbocycles. The number of ether oxygens (including phenoxy) is 2. The minimum atomic E-state index is 0.287. The van der Waals surface area contributed by atoms with Crippen LogP contribution in [-0.4, -0.2) is 57.0 Å². The Kier molecular flexibility index (Phi) is 6.17. The van der Waals surface area contributed by atoms with Gasteiger partial charge >= 0.3 is 0 Å².